The first kappa shape index (κ1) is 11.2. The number of hydrogen-bond acceptors (Lipinski definition) is 1. The standard InChI is InChI=1S/C2H6NO.BF4/c1-3(2)4;2-1(3,4)5/h1-2H3;/q+1;-1. The molecule has 0 aromatic rings. The van der Waals surface area contributed by atoms with Crippen LogP contribution in [0.4, 0.5) is 17.3 Å². The molecule has 0 aliphatic carbocycles. The molecule has 0 rings (SSSR count). The number of rotatable bonds is 0. The van der Waals surface area contributed by atoms with Crippen LogP contribution < -0.4 is 0 Å². The van der Waals surface area contributed by atoms with Crippen LogP contribution in [-0.4, -0.2) is 26.1 Å². The summed E-state index contributed by atoms with van der Waals surface area (Å²) in [5.41, 5.74) is 0. The van der Waals surface area contributed by atoms with E-state index < -0.39 is 7.25 Å². The normalized spacial score (nSPS) is 9.56. The van der Waals surface area contributed by atoms with Crippen molar-refractivity contribution >= 4 is 7.25 Å². The zero-order chi connectivity index (χ0) is 8.08. The lowest BCUT2D eigenvalue weighted by Gasteiger charge is -1.94. The smallest absolute Gasteiger partial charge is 0.418 e. The van der Waals surface area contributed by atoms with Gasteiger partial charge >= 0.3 is 7.25 Å². The van der Waals surface area contributed by atoms with Crippen LogP contribution in [-0.2, 0) is 0 Å². The lowest BCUT2D eigenvalue weighted by Crippen LogP contribution is -2.02. The van der Waals surface area contributed by atoms with Crippen LogP contribution in [0.2, 0.25) is 0 Å². The molecule has 7 heteroatoms. The third-order valence-electron chi connectivity index (χ3n) is 0. The highest BCUT2D eigenvalue weighted by Crippen LogP contribution is 2.06. The highest BCUT2D eigenvalue weighted by atomic mass is 19.5. The SMILES string of the molecule is C[N+](C)=O.F[B-](F)(F)F. The fraction of sp³-hybridized carbons (Fsp3) is 1.00. The molecule has 0 N–H and O–H groups in total. The largest absolute Gasteiger partial charge is 0.673 e. The first-order chi connectivity index (χ1) is 3.73. The number of nitroso groups, excluding NO2 is 1. The summed E-state index contributed by atoms with van der Waals surface area (Å²) < 4.78 is 39.8. The van der Waals surface area contributed by atoms with Crippen molar-refractivity contribution in [1.29, 1.82) is 0 Å². The molecule has 0 atom stereocenters. The highest BCUT2D eigenvalue weighted by Gasteiger charge is 2.20. The maximum atomic E-state index is 9.75. The van der Waals surface area contributed by atoms with E-state index in [1.165, 1.54) is 14.1 Å². The average molecular weight is 147 g/mol. The maximum Gasteiger partial charge on any atom is 0.673 e. The van der Waals surface area contributed by atoms with Gasteiger partial charge in [0.1, 0.15) is 0 Å². The van der Waals surface area contributed by atoms with Gasteiger partial charge in [-0.25, -0.2) is 0 Å². The Labute approximate surface area is 49.5 Å². The molecule has 0 heterocycles. The molecule has 0 radical (unpaired) electrons. The molecule has 2 nitrogen and oxygen atoms in total. The number of nitrogens with zero attached hydrogens (tertiary/aromatic N) is 1. The Morgan fingerprint density at radius 1 is 1.11 bits per heavy atom. The van der Waals surface area contributed by atoms with Crippen molar-refractivity contribution in [1.82, 2.24) is 0 Å². The summed E-state index contributed by atoms with van der Waals surface area (Å²) in [6.07, 6.45) is 0. The topological polar surface area (TPSA) is 20.1 Å². The lowest BCUT2D eigenvalue weighted by molar-refractivity contribution is -0.486. The van der Waals surface area contributed by atoms with E-state index in [9.17, 15) is 22.2 Å². The van der Waals surface area contributed by atoms with Crippen LogP contribution in [0, 0.1) is 4.91 Å². The molecule has 0 aliphatic heterocycles. The molecule has 9 heavy (non-hydrogen) atoms. The van der Waals surface area contributed by atoms with Crippen LogP contribution in [0.25, 0.3) is 0 Å². The van der Waals surface area contributed by atoms with E-state index in [-0.39, 0.29) is 0 Å². The van der Waals surface area contributed by atoms with Crippen LogP contribution in [0.15, 0.2) is 0 Å². The second kappa shape index (κ2) is 4.28. The molecule has 0 unspecified atom stereocenters. The van der Waals surface area contributed by atoms with E-state index in [1.807, 2.05) is 0 Å². The lowest BCUT2D eigenvalue weighted by atomic mass is 10.3. The molecule has 0 aromatic carbocycles. The summed E-state index contributed by atoms with van der Waals surface area (Å²) in [6.45, 7) is 0. The molecular weight excluding hydrogens is 141 g/mol. The van der Waals surface area contributed by atoms with Gasteiger partial charge in [-0.15, -0.1) is 0 Å². The van der Waals surface area contributed by atoms with Gasteiger partial charge in [0.2, 0.25) is 0 Å². The monoisotopic (exact) mass is 147 g/mol. The fourth-order valence-electron chi connectivity index (χ4n) is 0. The summed E-state index contributed by atoms with van der Waals surface area (Å²) >= 11 is 0. The van der Waals surface area contributed by atoms with Crippen molar-refractivity contribution in [3.8, 4) is 0 Å². The van der Waals surface area contributed by atoms with E-state index >= 15 is 0 Å². The van der Waals surface area contributed by atoms with Crippen LogP contribution in [0.1, 0.15) is 0 Å². The predicted molar refractivity (Wildman–Crippen MR) is 25.7 cm³/mol. The number of halogens is 4. The highest BCUT2D eigenvalue weighted by molar-refractivity contribution is 6.50. The fourth-order valence-corrected chi connectivity index (χ4v) is 0. The second-order valence-electron chi connectivity index (χ2n) is 1.31. The summed E-state index contributed by atoms with van der Waals surface area (Å²) in [4.78, 5) is 9.36. The van der Waals surface area contributed by atoms with Crippen molar-refractivity contribution in [3.63, 3.8) is 0 Å². The molecule has 0 aliphatic rings. The van der Waals surface area contributed by atoms with Crippen molar-refractivity contribution in [2.45, 2.75) is 0 Å². The van der Waals surface area contributed by atoms with E-state index in [2.05, 4.69) is 0 Å². The van der Waals surface area contributed by atoms with Crippen molar-refractivity contribution in [2.75, 3.05) is 14.1 Å². The Morgan fingerprint density at radius 2 is 1.11 bits per heavy atom. The minimum Gasteiger partial charge on any atom is -0.418 e. The van der Waals surface area contributed by atoms with Gasteiger partial charge in [-0.3, -0.25) is 0 Å². The minimum atomic E-state index is -6.00. The summed E-state index contributed by atoms with van der Waals surface area (Å²) in [6, 6.07) is 0. The minimum absolute atomic E-state index is 0.750. The zero-order valence-electron chi connectivity index (χ0n) is 4.94. The average Bonchev–Trinajstić information content (AvgIpc) is 1.19. The van der Waals surface area contributed by atoms with Gasteiger partial charge in [0.05, 0.1) is 0 Å². The first-order valence-corrected chi connectivity index (χ1v) is 1.95. The Kier molecular flexibility index (Phi) is 5.34. The van der Waals surface area contributed by atoms with Crippen molar-refractivity contribution in [2.24, 2.45) is 0 Å². The molecule has 0 saturated carbocycles. The molecule has 0 saturated heterocycles. The molecule has 0 fully saturated rings. The Morgan fingerprint density at radius 3 is 1.11 bits per heavy atom. The van der Waals surface area contributed by atoms with Crippen molar-refractivity contribution in [3.05, 3.63) is 4.91 Å². The maximum absolute atomic E-state index is 9.75. The molecule has 56 valence electrons. The molecule has 0 aromatic heterocycles. The Bertz CT molecular complexity index is 81.1. The van der Waals surface area contributed by atoms with Gasteiger partial charge < -0.3 is 17.3 Å². The van der Waals surface area contributed by atoms with E-state index in [0.29, 0.717) is 0 Å². The quantitative estimate of drug-likeness (QED) is 0.287. The van der Waals surface area contributed by atoms with Gasteiger partial charge in [0, 0.05) is 4.91 Å². The molecule has 0 bridgehead atoms. The summed E-state index contributed by atoms with van der Waals surface area (Å²) in [5, 5.41) is 0. The van der Waals surface area contributed by atoms with Gasteiger partial charge in [0.15, 0.2) is 14.1 Å². The number of hydrogen-bond donors (Lipinski definition) is 0. The summed E-state index contributed by atoms with van der Waals surface area (Å²) in [5.74, 6) is 0. The van der Waals surface area contributed by atoms with E-state index in [0.717, 1.165) is 4.76 Å². The second-order valence-corrected chi connectivity index (χ2v) is 1.31. The van der Waals surface area contributed by atoms with Crippen LogP contribution >= 0.6 is 0 Å². The van der Waals surface area contributed by atoms with Crippen molar-refractivity contribution < 1.29 is 22.0 Å². The van der Waals surface area contributed by atoms with Crippen LogP contribution in [0.5, 0.6) is 0 Å². The Hall–Kier alpha value is -0.615. The third kappa shape index (κ3) is 566. The predicted octanol–water partition coefficient (Wildman–Crippen LogP) is 1.32. The van der Waals surface area contributed by atoms with Gasteiger partial charge in [-0.05, 0) is 4.76 Å². The first-order valence-electron chi connectivity index (χ1n) is 1.95. The Balaban J connectivity index is 0. The summed E-state index contributed by atoms with van der Waals surface area (Å²) in [7, 11) is -3.11. The van der Waals surface area contributed by atoms with Crippen LogP contribution in [0.3, 0.4) is 0 Å². The van der Waals surface area contributed by atoms with E-state index in [1.54, 1.807) is 0 Å². The molecule has 0 spiro atoms. The zero-order valence-corrected chi connectivity index (χ0v) is 4.94. The van der Waals surface area contributed by atoms with Gasteiger partial charge in [0.25, 0.3) is 0 Å². The van der Waals surface area contributed by atoms with Gasteiger partial charge in [-0.1, -0.05) is 0 Å². The van der Waals surface area contributed by atoms with Gasteiger partial charge in [-0.2, -0.15) is 0 Å². The molecular formula is C2H6BF4NO. The third-order valence-corrected chi connectivity index (χ3v) is 0. The van der Waals surface area contributed by atoms with E-state index in [4.69, 9.17) is 0 Å². The molecule has 0 amide bonds.